The standard InChI is InChI=1S/C25H23F4N3O2/c26-20-5-1-2-6-22(20)31-9-10-32-21-8-7-17(25(27,28)29)12-16(21)13-19(23(32)15-31)24(33)30-14-18-4-3-11-34-18/h1-8,11-12,19,23H,9-10,13-15H2,(H,30,33). The van der Waals surface area contributed by atoms with Gasteiger partial charge in [-0.05, 0) is 54.4 Å². The molecule has 9 heteroatoms. The van der Waals surface area contributed by atoms with Crippen LogP contribution in [-0.4, -0.2) is 31.6 Å². The molecule has 1 saturated heterocycles. The van der Waals surface area contributed by atoms with Crippen molar-refractivity contribution in [3.05, 3.63) is 83.6 Å². The third-order valence-corrected chi connectivity index (χ3v) is 6.59. The maximum Gasteiger partial charge on any atom is 0.416 e. The van der Waals surface area contributed by atoms with Gasteiger partial charge in [0.2, 0.25) is 5.91 Å². The van der Waals surface area contributed by atoms with Crippen molar-refractivity contribution in [2.24, 2.45) is 5.92 Å². The van der Waals surface area contributed by atoms with Crippen LogP contribution in [0.1, 0.15) is 16.9 Å². The quantitative estimate of drug-likeness (QED) is 0.562. The van der Waals surface area contributed by atoms with Crippen molar-refractivity contribution in [3.8, 4) is 0 Å². The third-order valence-electron chi connectivity index (χ3n) is 6.59. The minimum absolute atomic E-state index is 0.162. The molecule has 3 heterocycles. The Labute approximate surface area is 194 Å². The molecule has 34 heavy (non-hydrogen) atoms. The van der Waals surface area contributed by atoms with E-state index < -0.39 is 17.7 Å². The van der Waals surface area contributed by atoms with Gasteiger partial charge in [0.1, 0.15) is 11.6 Å². The lowest BCUT2D eigenvalue weighted by molar-refractivity contribution is -0.137. The zero-order chi connectivity index (χ0) is 23.9. The van der Waals surface area contributed by atoms with Gasteiger partial charge in [-0.1, -0.05) is 12.1 Å². The number of anilines is 2. The van der Waals surface area contributed by atoms with Crippen LogP contribution in [-0.2, 0) is 23.9 Å². The molecule has 3 aromatic rings. The Morgan fingerprint density at radius 3 is 2.62 bits per heavy atom. The molecular weight excluding hydrogens is 450 g/mol. The van der Waals surface area contributed by atoms with Crippen LogP contribution < -0.4 is 15.1 Å². The Morgan fingerprint density at radius 1 is 1.06 bits per heavy atom. The van der Waals surface area contributed by atoms with Gasteiger partial charge in [-0.2, -0.15) is 13.2 Å². The van der Waals surface area contributed by atoms with Gasteiger partial charge in [-0.15, -0.1) is 0 Å². The maximum absolute atomic E-state index is 14.5. The largest absolute Gasteiger partial charge is 0.467 e. The summed E-state index contributed by atoms with van der Waals surface area (Å²) in [5.41, 5.74) is 0.907. The molecule has 0 saturated carbocycles. The van der Waals surface area contributed by atoms with E-state index in [1.165, 1.54) is 18.4 Å². The minimum Gasteiger partial charge on any atom is -0.467 e. The number of furan rings is 1. The molecule has 2 atom stereocenters. The fraction of sp³-hybridized carbons (Fsp3) is 0.320. The van der Waals surface area contributed by atoms with Crippen molar-refractivity contribution in [2.75, 3.05) is 29.4 Å². The van der Waals surface area contributed by atoms with E-state index in [1.54, 1.807) is 30.3 Å². The summed E-state index contributed by atoms with van der Waals surface area (Å²) in [5.74, 6) is -0.649. The second kappa shape index (κ2) is 8.70. The van der Waals surface area contributed by atoms with E-state index in [1.807, 2.05) is 9.80 Å². The molecule has 2 aliphatic rings. The number of benzene rings is 2. The Hall–Kier alpha value is -3.49. The van der Waals surface area contributed by atoms with Crippen molar-refractivity contribution in [3.63, 3.8) is 0 Å². The zero-order valence-corrected chi connectivity index (χ0v) is 18.2. The molecule has 5 rings (SSSR count). The Balaban J connectivity index is 1.46. The summed E-state index contributed by atoms with van der Waals surface area (Å²) in [6.07, 6.45) is -2.80. The smallest absolute Gasteiger partial charge is 0.416 e. The van der Waals surface area contributed by atoms with Crippen molar-refractivity contribution in [1.29, 1.82) is 0 Å². The number of hydrogen-bond donors (Lipinski definition) is 1. The van der Waals surface area contributed by atoms with Crippen molar-refractivity contribution < 1.29 is 26.8 Å². The molecule has 2 aromatic carbocycles. The van der Waals surface area contributed by atoms with E-state index in [4.69, 9.17) is 4.42 Å². The Bertz CT molecular complexity index is 1180. The molecule has 0 aliphatic carbocycles. The van der Waals surface area contributed by atoms with Crippen molar-refractivity contribution in [1.82, 2.24) is 5.32 Å². The first-order valence-electron chi connectivity index (χ1n) is 11.1. The summed E-state index contributed by atoms with van der Waals surface area (Å²) in [6.45, 7) is 1.50. The number of alkyl halides is 3. The number of carbonyl (C=O) groups excluding carboxylic acids is 1. The van der Waals surface area contributed by atoms with Gasteiger partial charge in [-0.25, -0.2) is 4.39 Å². The maximum atomic E-state index is 14.5. The van der Waals surface area contributed by atoms with Crippen LogP contribution in [0.5, 0.6) is 0 Å². The number of para-hydroxylation sites is 1. The molecular formula is C25H23F4N3O2. The molecule has 0 spiro atoms. The van der Waals surface area contributed by atoms with Crippen LogP contribution in [0.4, 0.5) is 28.9 Å². The Morgan fingerprint density at radius 2 is 1.88 bits per heavy atom. The summed E-state index contributed by atoms with van der Waals surface area (Å²) >= 11 is 0. The number of halogens is 4. The zero-order valence-electron chi connectivity index (χ0n) is 18.2. The normalized spacial score (nSPS) is 20.0. The van der Waals surface area contributed by atoms with E-state index in [0.717, 1.165) is 12.1 Å². The number of carbonyl (C=O) groups is 1. The first kappa shape index (κ1) is 22.3. The lowest BCUT2D eigenvalue weighted by Gasteiger charge is -2.49. The average Bonchev–Trinajstić information content (AvgIpc) is 3.35. The van der Waals surface area contributed by atoms with Crippen molar-refractivity contribution >= 4 is 17.3 Å². The molecule has 5 nitrogen and oxygen atoms in total. The summed E-state index contributed by atoms with van der Waals surface area (Å²) in [4.78, 5) is 17.2. The predicted molar refractivity (Wildman–Crippen MR) is 119 cm³/mol. The van der Waals surface area contributed by atoms with E-state index in [9.17, 15) is 22.4 Å². The fourth-order valence-electron chi connectivity index (χ4n) is 4.94. The van der Waals surface area contributed by atoms with Crippen LogP contribution in [0.15, 0.2) is 65.3 Å². The first-order chi connectivity index (χ1) is 16.3. The van der Waals surface area contributed by atoms with E-state index >= 15 is 0 Å². The predicted octanol–water partition coefficient (Wildman–Crippen LogP) is 4.62. The summed E-state index contributed by atoms with van der Waals surface area (Å²) in [7, 11) is 0. The van der Waals surface area contributed by atoms with Gasteiger partial charge in [0, 0.05) is 25.3 Å². The van der Waals surface area contributed by atoms with E-state index in [-0.39, 0.29) is 30.7 Å². The summed E-state index contributed by atoms with van der Waals surface area (Å²) < 4.78 is 59.8. The van der Waals surface area contributed by atoms with Crippen LogP contribution in [0.25, 0.3) is 0 Å². The third kappa shape index (κ3) is 4.22. The number of piperazine rings is 1. The van der Waals surface area contributed by atoms with Gasteiger partial charge in [0.15, 0.2) is 0 Å². The van der Waals surface area contributed by atoms with Crippen LogP contribution in [0.3, 0.4) is 0 Å². The highest BCUT2D eigenvalue weighted by Crippen LogP contribution is 2.40. The van der Waals surface area contributed by atoms with Crippen molar-refractivity contribution in [2.45, 2.75) is 25.2 Å². The van der Waals surface area contributed by atoms with Crippen LogP contribution in [0.2, 0.25) is 0 Å². The topological polar surface area (TPSA) is 48.7 Å². The summed E-state index contributed by atoms with van der Waals surface area (Å²) in [6, 6.07) is 13.3. The molecule has 1 amide bonds. The summed E-state index contributed by atoms with van der Waals surface area (Å²) in [5, 5.41) is 2.86. The van der Waals surface area contributed by atoms with Gasteiger partial charge < -0.3 is 19.5 Å². The minimum atomic E-state index is -4.47. The lowest BCUT2D eigenvalue weighted by atomic mass is 9.82. The van der Waals surface area contributed by atoms with Gasteiger partial charge in [-0.3, -0.25) is 4.79 Å². The number of nitrogens with one attached hydrogen (secondary N) is 1. The number of fused-ring (bicyclic) bond motifs is 3. The highest BCUT2D eigenvalue weighted by Gasteiger charge is 2.43. The number of hydrogen-bond acceptors (Lipinski definition) is 4. The lowest BCUT2D eigenvalue weighted by Crippen LogP contribution is -2.61. The van der Waals surface area contributed by atoms with Gasteiger partial charge >= 0.3 is 6.18 Å². The Kier molecular flexibility index (Phi) is 5.71. The number of rotatable bonds is 4. The highest BCUT2D eigenvalue weighted by atomic mass is 19.4. The van der Waals surface area contributed by atoms with E-state index in [0.29, 0.717) is 42.3 Å². The molecule has 0 radical (unpaired) electrons. The molecule has 1 aromatic heterocycles. The van der Waals surface area contributed by atoms with E-state index in [2.05, 4.69) is 5.32 Å². The molecule has 178 valence electrons. The molecule has 2 unspecified atom stereocenters. The van der Waals surface area contributed by atoms with Crippen LogP contribution >= 0.6 is 0 Å². The first-order valence-corrected chi connectivity index (χ1v) is 11.1. The van der Waals surface area contributed by atoms with Crippen LogP contribution in [0, 0.1) is 11.7 Å². The number of amides is 1. The fourth-order valence-corrected chi connectivity index (χ4v) is 4.94. The monoisotopic (exact) mass is 473 g/mol. The average molecular weight is 473 g/mol. The molecule has 0 bridgehead atoms. The number of nitrogens with zero attached hydrogens (tertiary/aromatic N) is 2. The molecule has 2 aliphatic heterocycles. The second-order valence-electron chi connectivity index (χ2n) is 8.61. The van der Waals surface area contributed by atoms with Gasteiger partial charge in [0.25, 0.3) is 0 Å². The molecule has 1 N–H and O–H groups in total. The second-order valence-corrected chi connectivity index (χ2v) is 8.61. The molecule has 1 fully saturated rings. The van der Waals surface area contributed by atoms with Gasteiger partial charge in [0.05, 0.1) is 36.0 Å². The SMILES string of the molecule is O=C(NCc1ccco1)C1Cc2cc(C(F)(F)F)ccc2N2CCN(c3ccccc3F)CC12. The highest BCUT2D eigenvalue weighted by molar-refractivity contribution is 5.82.